The van der Waals surface area contributed by atoms with Crippen LogP contribution in [0.3, 0.4) is 0 Å². The van der Waals surface area contributed by atoms with Gasteiger partial charge in [0.05, 0.1) is 18.2 Å². The van der Waals surface area contributed by atoms with E-state index in [4.69, 9.17) is 16.3 Å². The second-order valence-electron chi connectivity index (χ2n) is 4.10. The van der Waals surface area contributed by atoms with Crippen LogP contribution >= 0.6 is 11.6 Å². The molecule has 2 rings (SSSR count). The fourth-order valence-corrected chi connectivity index (χ4v) is 1.83. The highest BCUT2D eigenvalue weighted by Crippen LogP contribution is 2.22. The molecule has 0 aliphatic carbocycles. The van der Waals surface area contributed by atoms with Crippen molar-refractivity contribution in [1.82, 2.24) is 4.98 Å². The highest BCUT2D eigenvalue weighted by atomic mass is 35.5. The van der Waals surface area contributed by atoms with Crippen molar-refractivity contribution in [2.45, 2.75) is 12.5 Å². The van der Waals surface area contributed by atoms with Crippen molar-refractivity contribution < 1.29 is 14.2 Å². The monoisotopic (exact) mass is 281 g/mol. The van der Waals surface area contributed by atoms with Crippen LogP contribution in [-0.2, 0) is 6.42 Å². The molecule has 0 saturated heterocycles. The molecule has 5 heteroatoms. The zero-order valence-electron chi connectivity index (χ0n) is 10.3. The number of aromatic nitrogens is 1. The first-order valence-corrected chi connectivity index (χ1v) is 6.10. The zero-order chi connectivity index (χ0) is 13.8. The summed E-state index contributed by atoms with van der Waals surface area (Å²) in [7, 11) is 1.52. The summed E-state index contributed by atoms with van der Waals surface area (Å²) in [6.07, 6.45) is 1.08. The lowest BCUT2D eigenvalue weighted by Gasteiger charge is -2.11. The number of pyridine rings is 1. The van der Waals surface area contributed by atoms with E-state index >= 15 is 0 Å². The van der Waals surface area contributed by atoms with Gasteiger partial charge in [0.2, 0.25) is 5.88 Å². The summed E-state index contributed by atoms with van der Waals surface area (Å²) in [5.74, 6) is -0.00675. The Bertz CT molecular complexity index is 560. The van der Waals surface area contributed by atoms with Crippen LogP contribution in [0.25, 0.3) is 0 Å². The second kappa shape index (κ2) is 5.99. The van der Waals surface area contributed by atoms with E-state index in [1.807, 2.05) is 0 Å². The Balaban J connectivity index is 2.10. The first-order chi connectivity index (χ1) is 9.10. The number of aliphatic hydroxyl groups is 1. The Morgan fingerprint density at radius 2 is 2.16 bits per heavy atom. The number of nitrogens with zero attached hydrogens (tertiary/aromatic N) is 1. The highest BCUT2D eigenvalue weighted by Gasteiger charge is 2.11. The van der Waals surface area contributed by atoms with Gasteiger partial charge in [0.1, 0.15) is 5.82 Å². The summed E-state index contributed by atoms with van der Waals surface area (Å²) in [4.78, 5) is 4.01. The lowest BCUT2D eigenvalue weighted by atomic mass is 10.0. The van der Waals surface area contributed by atoms with Crippen molar-refractivity contribution in [3.63, 3.8) is 0 Å². The molecule has 1 heterocycles. The van der Waals surface area contributed by atoms with Gasteiger partial charge in [-0.25, -0.2) is 9.37 Å². The Kier molecular flexibility index (Phi) is 4.35. The molecule has 0 amide bonds. The van der Waals surface area contributed by atoms with Crippen molar-refractivity contribution in [1.29, 1.82) is 0 Å². The molecule has 1 aromatic carbocycles. The van der Waals surface area contributed by atoms with Crippen LogP contribution in [0.1, 0.15) is 17.2 Å². The van der Waals surface area contributed by atoms with Gasteiger partial charge in [-0.3, -0.25) is 0 Å². The number of hydrogen-bond donors (Lipinski definition) is 1. The van der Waals surface area contributed by atoms with E-state index in [1.165, 1.54) is 25.4 Å². The van der Waals surface area contributed by atoms with E-state index in [1.54, 1.807) is 18.2 Å². The van der Waals surface area contributed by atoms with Gasteiger partial charge in [-0.2, -0.15) is 0 Å². The summed E-state index contributed by atoms with van der Waals surface area (Å²) in [6, 6.07) is 7.88. The lowest BCUT2D eigenvalue weighted by molar-refractivity contribution is 0.178. The minimum absolute atomic E-state index is 0.0735. The molecule has 2 aromatic rings. The Morgan fingerprint density at radius 3 is 2.74 bits per heavy atom. The summed E-state index contributed by atoms with van der Waals surface area (Å²) in [5.41, 5.74) is 1.32. The maximum absolute atomic E-state index is 13.3. The molecule has 0 aliphatic rings. The third kappa shape index (κ3) is 3.43. The molecule has 1 atom stereocenters. The molecule has 3 nitrogen and oxygen atoms in total. The number of ether oxygens (including phenoxy) is 1. The number of rotatable bonds is 4. The maximum Gasteiger partial charge on any atom is 0.212 e. The Hall–Kier alpha value is -1.65. The fourth-order valence-electron chi connectivity index (χ4n) is 1.72. The third-order valence-corrected chi connectivity index (χ3v) is 3.07. The minimum Gasteiger partial charge on any atom is -0.481 e. The standard InChI is InChI=1S/C14H13ClFNO2/c1-19-14-5-3-10(8-17-14)13(18)7-9-2-4-11(15)12(16)6-9/h2-6,8,13,18H,7H2,1H3. The second-order valence-corrected chi connectivity index (χ2v) is 4.51. The molecule has 0 radical (unpaired) electrons. The SMILES string of the molecule is COc1ccc(C(O)Cc2ccc(Cl)c(F)c2)cn1. The zero-order valence-corrected chi connectivity index (χ0v) is 11.1. The van der Waals surface area contributed by atoms with Gasteiger partial charge in [-0.05, 0) is 29.3 Å². The van der Waals surface area contributed by atoms with Gasteiger partial charge in [-0.15, -0.1) is 0 Å². The predicted molar refractivity (Wildman–Crippen MR) is 70.9 cm³/mol. The van der Waals surface area contributed by atoms with E-state index in [-0.39, 0.29) is 5.02 Å². The van der Waals surface area contributed by atoms with Crippen molar-refractivity contribution in [2.24, 2.45) is 0 Å². The number of benzene rings is 1. The van der Waals surface area contributed by atoms with Crippen molar-refractivity contribution in [2.75, 3.05) is 7.11 Å². The van der Waals surface area contributed by atoms with Crippen LogP contribution in [0.4, 0.5) is 4.39 Å². The summed E-state index contributed by atoms with van der Waals surface area (Å²) in [5, 5.41) is 10.1. The molecule has 0 saturated carbocycles. The smallest absolute Gasteiger partial charge is 0.212 e. The minimum atomic E-state index is -0.751. The Morgan fingerprint density at radius 1 is 1.37 bits per heavy atom. The van der Waals surface area contributed by atoms with E-state index in [0.717, 1.165) is 0 Å². The van der Waals surface area contributed by atoms with E-state index in [9.17, 15) is 9.50 Å². The largest absolute Gasteiger partial charge is 0.481 e. The van der Waals surface area contributed by atoms with Crippen LogP contribution in [-0.4, -0.2) is 17.2 Å². The summed E-state index contributed by atoms with van der Waals surface area (Å²) >= 11 is 5.61. The molecule has 1 N–H and O–H groups in total. The Labute approximate surface area is 115 Å². The molecule has 1 unspecified atom stereocenters. The van der Waals surface area contributed by atoms with Gasteiger partial charge in [-0.1, -0.05) is 17.7 Å². The molecule has 0 bridgehead atoms. The number of methoxy groups -OCH3 is 1. The third-order valence-electron chi connectivity index (χ3n) is 2.77. The molecule has 1 aromatic heterocycles. The molecular weight excluding hydrogens is 269 g/mol. The van der Waals surface area contributed by atoms with E-state index < -0.39 is 11.9 Å². The van der Waals surface area contributed by atoms with Crippen LogP contribution in [0.15, 0.2) is 36.5 Å². The van der Waals surface area contributed by atoms with Crippen LogP contribution in [0.5, 0.6) is 5.88 Å². The predicted octanol–water partition coefficient (Wildman–Crippen LogP) is 3.16. The van der Waals surface area contributed by atoms with Gasteiger partial charge in [0.25, 0.3) is 0 Å². The van der Waals surface area contributed by atoms with Gasteiger partial charge < -0.3 is 9.84 Å². The van der Waals surface area contributed by atoms with Crippen LogP contribution < -0.4 is 4.74 Å². The number of halogens is 2. The average molecular weight is 282 g/mol. The molecular formula is C14H13ClFNO2. The first kappa shape index (κ1) is 13.8. The molecule has 0 spiro atoms. The van der Waals surface area contributed by atoms with Gasteiger partial charge in [0, 0.05) is 18.7 Å². The van der Waals surface area contributed by atoms with Crippen LogP contribution in [0, 0.1) is 5.82 Å². The maximum atomic E-state index is 13.3. The van der Waals surface area contributed by atoms with Crippen LogP contribution in [0.2, 0.25) is 5.02 Å². The van der Waals surface area contributed by atoms with Crippen molar-refractivity contribution >= 4 is 11.6 Å². The molecule has 0 fully saturated rings. The number of aliphatic hydroxyl groups excluding tert-OH is 1. The summed E-state index contributed by atoms with van der Waals surface area (Å²) < 4.78 is 18.2. The van der Waals surface area contributed by atoms with E-state index in [0.29, 0.717) is 23.4 Å². The molecule has 19 heavy (non-hydrogen) atoms. The number of hydrogen-bond acceptors (Lipinski definition) is 3. The fraction of sp³-hybridized carbons (Fsp3) is 0.214. The summed E-state index contributed by atoms with van der Waals surface area (Å²) in [6.45, 7) is 0. The van der Waals surface area contributed by atoms with E-state index in [2.05, 4.69) is 4.98 Å². The highest BCUT2D eigenvalue weighted by molar-refractivity contribution is 6.30. The first-order valence-electron chi connectivity index (χ1n) is 5.72. The average Bonchev–Trinajstić information content (AvgIpc) is 2.43. The molecule has 100 valence electrons. The van der Waals surface area contributed by atoms with Gasteiger partial charge >= 0.3 is 0 Å². The lowest BCUT2D eigenvalue weighted by Crippen LogP contribution is -2.03. The van der Waals surface area contributed by atoms with Gasteiger partial charge in [0.15, 0.2) is 0 Å². The topological polar surface area (TPSA) is 42.4 Å². The van der Waals surface area contributed by atoms with Crippen molar-refractivity contribution in [3.05, 3.63) is 58.5 Å². The molecule has 0 aliphatic heterocycles. The van der Waals surface area contributed by atoms with Crippen molar-refractivity contribution in [3.8, 4) is 5.88 Å². The quantitative estimate of drug-likeness (QED) is 0.936. The normalized spacial score (nSPS) is 12.2.